The predicted octanol–water partition coefficient (Wildman–Crippen LogP) is 3.98. The Balaban J connectivity index is 1.64. The molecule has 1 aliphatic heterocycles. The summed E-state index contributed by atoms with van der Waals surface area (Å²) in [6.45, 7) is 0. The summed E-state index contributed by atoms with van der Waals surface area (Å²) in [5.74, 6) is -0.915. The zero-order chi connectivity index (χ0) is 24.9. The molecule has 2 aromatic rings. The molecular formula is C27H30N2O6. The van der Waals surface area contributed by atoms with Gasteiger partial charge < -0.3 is 14.4 Å². The lowest BCUT2D eigenvalue weighted by atomic mass is 10.0. The second kappa shape index (κ2) is 10.7. The van der Waals surface area contributed by atoms with Crippen LogP contribution >= 0.6 is 0 Å². The van der Waals surface area contributed by atoms with Crippen LogP contribution in [0.2, 0.25) is 0 Å². The number of esters is 1. The molecule has 35 heavy (non-hydrogen) atoms. The molecule has 2 fully saturated rings. The quantitative estimate of drug-likeness (QED) is 0.354. The highest BCUT2D eigenvalue weighted by atomic mass is 16.5. The lowest BCUT2D eigenvalue weighted by Crippen LogP contribution is -2.50. The van der Waals surface area contributed by atoms with E-state index in [-0.39, 0.29) is 24.3 Å². The van der Waals surface area contributed by atoms with Crippen LogP contribution in [0.5, 0.6) is 5.75 Å². The van der Waals surface area contributed by atoms with Crippen molar-refractivity contribution in [2.45, 2.75) is 57.0 Å². The lowest BCUT2D eigenvalue weighted by molar-refractivity contribution is -0.123. The molecule has 0 spiro atoms. The average Bonchev–Trinajstić information content (AvgIpc) is 3.04. The number of hydrogen-bond acceptors (Lipinski definition) is 6. The first-order valence-corrected chi connectivity index (χ1v) is 12.0. The Hall–Kier alpha value is -3.68. The molecule has 0 N–H and O–H groups in total. The summed E-state index contributed by atoms with van der Waals surface area (Å²) in [6.07, 6.45) is 5.67. The van der Waals surface area contributed by atoms with Crippen LogP contribution in [0.1, 0.15) is 65.7 Å². The zero-order valence-electron chi connectivity index (χ0n) is 20.1. The molecular weight excluding hydrogens is 448 g/mol. The highest BCUT2D eigenvalue weighted by Gasteiger charge is 2.46. The Labute approximate surface area is 204 Å². The van der Waals surface area contributed by atoms with Gasteiger partial charge in [-0.1, -0.05) is 25.7 Å². The fourth-order valence-corrected chi connectivity index (χ4v) is 4.95. The van der Waals surface area contributed by atoms with Crippen LogP contribution in [0.25, 0.3) is 0 Å². The normalized spacial score (nSPS) is 18.8. The molecule has 8 nitrogen and oxygen atoms in total. The number of amides is 3. The third kappa shape index (κ3) is 5.06. The summed E-state index contributed by atoms with van der Waals surface area (Å²) in [5, 5.41) is 0. The molecule has 0 aromatic heterocycles. The highest BCUT2D eigenvalue weighted by Crippen LogP contribution is 2.32. The van der Waals surface area contributed by atoms with Gasteiger partial charge >= 0.3 is 5.97 Å². The van der Waals surface area contributed by atoms with Crippen molar-refractivity contribution in [3.63, 3.8) is 0 Å². The van der Waals surface area contributed by atoms with Crippen LogP contribution in [0.4, 0.5) is 5.69 Å². The third-order valence-electron chi connectivity index (χ3n) is 6.79. The molecule has 0 bridgehead atoms. The van der Waals surface area contributed by atoms with Gasteiger partial charge in [-0.2, -0.15) is 0 Å². The topological polar surface area (TPSA) is 93.2 Å². The maximum absolute atomic E-state index is 13.7. The van der Waals surface area contributed by atoms with Crippen molar-refractivity contribution in [2.24, 2.45) is 0 Å². The first kappa shape index (κ1) is 24.4. The van der Waals surface area contributed by atoms with E-state index in [0.29, 0.717) is 22.6 Å². The van der Waals surface area contributed by atoms with Gasteiger partial charge in [-0.15, -0.1) is 0 Å². The molecule has 2 aliphatic rings. The van der Waals surface area contributed by atoms with Crippen LogP contribution in [0, 0.1) is 0 Å². The van der Waals surface area contributed by atoms with Crippen LogP contribution in [-0.4, -0.2) is 54.9 Å². The van der Waals surface area contributed by atoms with Gasteiger partial charge in [0, 0.05) is 11.6 Å². The molecule has 3 amide bonds. The number of carbonyl (C=O) groups excluding carboxylic acids is 4. The van der Waals surface area contributed by atoms with E-state index in [0.717, 1.165) is 43.4 Å². The molecule has 1 aliphatic carbocycles. The SMILES string of the molecule is COC(=O)c1ccc(N2C(=O)CC(N(C(=O)c3ccc(OC)cc3)C3CCCCCC3)C2=O)cc1. The van der Waals surface area contributed by atoms with Crippen LogP contribution in [0.3, 0.4) is 0 Å². The smallest absolute Gasteiger partial charge is 0.337 e. The Morgan fingerprint density at radius 3 is 2.03 bits per heavy atom. The zero-order valence-corrected chi connectivity index (χ0v) is 20.1. The van der Waals surface area contributed by atoms with Gasteiger partial charge in [0.05, 0.1) is 31.9 Å². The minimum absolute atomic E-state index is 0.0734. The lowest BCUT2D eigenvalue weighted by Gasteiger charge is -2.35. The number of nitrogens with zero attached hydrogens (tertiary/aromatic N) is 2. The summed E-state index contributed by atoms with van der Waals surface area (Å²) < 4.78 is 9.92. The summed E-state index contributed by atoms with van der Waals surface area (Å²) in [7, 11) is 2.85. The Kier molecular flexibility index (Phi) is 7.48. The number of methoxy groups -OCH3 is 2. The molecule has 1 atom stereocenters. The van der Waals surface area contributed by atoms with E-state index in [1.165, 1.54) is 19.2 Å². The van der Waals surface area contributed by atoms with Gasteiger partial charge in [-0.25, -0.2) is 9.69 Å². The van der Waals surface area contributed by atoms with Crippen molar-refractivity contribution in [2.75, 3.05) is 19.1 Å². The molecule has 2 aromatic carbocycles. The molecule has 1 saturated heterocycles. The van der Waals surface area contributed by atoms with Crippen LogP contribution < -0.4 is 9.64 Å². The number of anilines is 1. The predicted molar refractivity (Wildman–Crippen MR) is 129 cm³/mol. The average molecular weight is 479 g/mol. The van der Waals surface area contributed by atoms with E-state index < -0.39 is 17.9 Å². The first-order chi connectivity index (χ1) is 16.9. The number of ether oxygens (including phenoxy) is 2. The molecule has 184 valence electrons. The van der Waals surface area contributed by atoms with Crippen molar-refractivity contribution in [1.82, 2.24) is 4.90 Å². The van der Waals surface area contributed by atoms with Crippen LogP contribution in [0.15, 0.2) is 48.5 Å². The summed E-state index contributed by atoms with van der Waals surface area (Å²) in [6, 6.07) is 11.9. The third-order valence-corrected chi connectivity index (χ3v) is 6.79. The number of rotatable bonds is 6. The van der Waals surface area contributed by atoms with E-state index in [2.05, 4.69) is 0 Å². The van der Waals surface area contributed by atoms with Gasteiger partial charge in [0.2, 0.25) is 5.91 Å². The monoisotopic (exact) mass is 478 g/mol. The number of benzene rings is 2. The summed E-state index contributed by atoms with van der Waals surface area (Å²) >= 11 is 0. The fourth-order valence-electron chi connectivity index (χ4n) is 4.95. The highest BCUT2D eigenvalue weighted by molar-refractivity contribution is 6.23. The summed E-state index contributed by atoms with van der Waals surface area (Å²) in [4.78, 5) is 54.9. The van der Waals surface area contributed by atoms with Gasteiger partial charge in [-0.05, 0) is 61.4 Å². The molecule has 0 radical (unpaired) electrons. The molecule has 1 unspecified atom stereocenters. The Bertz CT molecular complexity index is 1090. The minimum Gasteiger partial charge on any atom is -0.497 e. The summed E-state index contributed by atoms with van der Waals surface area (Å²) in [5.41, 5.74) is 1.14. The molecule has 4 rings (SSSR count). The van der Waals surface area contributed by atoms with E-state index in [1.54, 1.807) is 48.4 Å². The number of carbonyl (C=O) groups is 4. The first-order valence-electron chi connectivity index (χ1n) is 12.0. The molecule has 1 heterocycles. The Morgan fingerprint density at radius 2 is 1.46 bits per heavy atom. The van der Waals surface area contributed by atoms with Crippen molar-refractivity contribution < 1.29 is 28.7 Å². The maximum atomic E-state index is 13.7. The van der Waals surface area contributed by atoms with Crippen molar-refractivity contribution in [3.05, 3.63) is 59.7 Å². The van der Waals surface area contributed by atoms with Gasteiger partial charge in [0.1, 0.15) is 11.8 Å². The van der Waals surface area contributed by atoms with E-state index in [4.69, 9.17) is 9.47 Å². The van der Waals surface area contributed by atoms with Crippen LogP contribution in [-0.2, 0) is 14.3 Å². The standard InChI is InChI=1S/C27H30N2O6/c1-34-22-15-11-18(12-16-22)25(31)28(20-7-5-3-4-6-8-20)23-17-24(30)29(26(23)32)21-13-9-19(10-14-21)27(33)35-2/h9-16,20,23H,3-8,17H2,1-2H3. The van der Waals surface area contributed by atoms with Crippen molar-refractivity contribution in [3.8, 4) is 5.75 Å². The molecule has 1 saturated carbocycles. The second-order valence-electron chi connectivity index (χ2n) is 8.91. The maximum Gasteiger partial charge on any atom is 0.337 e. The largest absolute Gasteiger partial charge is 0.497 e. The van der Waals surface area contributed by atoms with Crippen molar-refractivity contribution in [1.29, 1.82) is 0 Å². The second-order valence-corrected chi connectivity index (χ2v) is 8.91. The number of hydrogen-bond donors (Lipinski definition) is 0. The van der Waals surface area contributed by atoms with Gasteiger partial charge in [-0.3, -0.25) is 14.4 Å². The minimum atomic E-state index is -0.875. The number of imide groups is 1. The van der Waals surface area contributed by atoms with E-state index in [9.17, 15) is 19.2 Å². The van der Waals surface area contributed by atoms with Crippen molar-refractivity contribution >= 4 is 29.4 Å². The fraction of sp³-hybridized carbons (Fsp3) is 0.407. The van der Waals surface area contributed by atoms with Gasteiger partial charge in [0.15, 0.2) is 0 Å². The Morgan fingerprint density at radius 1 is 0.857 bits per heavy atom. The van der Waals surface area contributed by atoms with E-state index >= 15 is 0 Å². The molecule has 8 heteroatoms. The van der Waals surface area contributed by atoms with Gasteiger partial charge in [0.25, 0.3) is 11.8 Å². The van der Waals surface area contributed by atoms with E-state index in [1.807, 2.05) is 0 Å².